The van der Waals surface area contributed by atoms with E-state index in [0.29, 0.717) is 24.7 Å². The standard InChI is InChI=1S/C38H54N4O5/c1-39-16-20-41(21-17-39)14-6-24-46-34-12-10-30(28-36(34)44-3)26-32-8-5-9-33(38(32)43)27-31-11-13-35(37(29-31)45-4)47-25-7-15-42-22-18-40(2)19-23-42/h10-13,26-29H,5-9,14-25H2,1-4H3/b32-26+,33-27+. The molecule has 2 aromatic rings. The van der Waals surface area contributed by atoms with Crippen molar-refractivity contribution in [3.05, 3.63) is 58.7 Å². The topological polar surface area (TPSA) is 67.0 Å². The number of hydrogen-bond donors (Lipinski definition) is 0. The molecule has 2 saturated heterocycles. The molecule has 47 heavy (non-hydrogen) atoms. The minimum Gasteiger partial charge on any atom is -0.493 e. The Balaban J connectivity index is 1.15. The first-order valence-electron chi connectivity index (χ1n) is 17.3. The highest BCUT2D eigenvalue weighted by molar-refractivity contribution is 6.14. The van der Waals surface area contributed by atoms with Crippen LogP contribution in [0.5, 0.6) is 23.0 Å². The number of nitrogens with zero attached hydrogens (tertiary/aromatic N) is 4. The molecule has 1 aliphatic carbocycles. The van der Waals surface area contributed by atoms with Gasteiger partial charge in [-0.1, -0.05) is 12.1 Å². The fourth-order valence-electron chi connectivity index (χ4n) is 6.45. The molecule has 0 atom stereocenters. The molecule has 3 fully saturated rings. The second-order valence-electron chi connectivity index (χ2n) is 13.0. The third kappa shape index (κ3) is 10.3. The van der Waals surface area contributed by atoms with Gasteiger partial charge in [0.25, 0.3) is 0 Å². The Morgan fingerprint density at radius 3 is 1.45 bits per heavy atom. The summed E-state index contributed by atoms with van der Waals surface area (Å²) in [5, 5.41) is 0. The Hall–Kier alpha value is -3.37. The molecule has 1 saturated carbocycles. The van der Waals surface area contributed by atoms with Crippen molar-refractivity contribution < 1.29 is 23.7 Å². The lowest BCUT2D eigenvalue weighted by Crippen LogP contribution is -2.44. The smallest absolute Gasteiger partial charge is 0.185 e. The zero-order chi connectivity index (χ0) is 33.0. The van der Waals surface area contributed by atoms with Crippen molar-refractivity contribution in [2.45, 2.75) is 32.1 Å². The number of carbonyl (C=O) groups excluding carboxylic acids is 1. The highest BCUT2D eigenvalue weighted by Crippen LogP contribution is 2.34. The summed E-state index contributed by atoms with van der Waals surface area (Å²) in [4.78, 5) is 23.3. The summed E-state index contributed by atoms with van der Waals surface area (Å²) in [7, 11) is 7.68. The molecule has 9 heteroatoms. The number of ketones is 1. The van der Waals surface area contributed by atoms with Gasteiger partial charge in [-0.05, 0) is 93.7 Å². The Morgan fingerprint density at radius 1 is 0.617 bits per heavy atom. The molecule has 0 unspecified atom stereocenters. The molecule has 0 radical (unpaired) electrons. The highest BCUT2D eigenvalue weighted by atomic mass is 16.5. The lowest BCUT2D eigenvalue weighted by Gasteiger charge is -2.32. The average molecular weight is 647 g/mol. The van der Waals surface area contributed by atoms with Gasteiger partial charge < -0.3 is 38.5 Å². The maximum Gasteiger partial charge on any atom is 0.185 e. The average Bonchev–Trinajstić information content (AvgIpc) is 3.09. The van der Waals surface area contributed by atoms with Crippen LogP contribution in [0.3, 0.4) is 0 Å². The van der Waals surface area contributed by atoms with Crippen molar-refractivity contribution in [2.75, 3.05) is 107 Å². The maximum absolute atomic E-state index is 13.6. The Labute approximate surface area is 281 Å². The van der Waals surface area contributed by atoms with E-state index in [1.807, 2.05) is 48.6 Å². The largest absolute Gasteiger partial charge is 0.493 e. The van der Waals surface area contributed by atoms with Gasteiger partial charge in [-0.25, -0.2) is 0 Å². The third-order valence-corrected chi connectivity index (χ3v) is 9.48. The predicted octanol–water partition coefficient (Wildman–Crippen LogP) is 4.96. The molecule has 2 aliphatic heterocycles. The van der Waals surface area contributed by atoms with E-state index in [0.717, 1.165) is 131 Å². The maximum atomic E-state index is 13.6. The molecule has 9 nitrogen and oxygen atoms in total. The summed E-state index contributed by atoms with van der Waals surface area (Å²) in [6.07, 6.45) is 8.38. The van der Waals surface area contributed by atoms with E-state index in [-0.39, 0.29) is 5.78 Å². The van der Waals surface area contributed by atoms with Crippen molar-refractivity contribution in [1.82, 2.24) is 19.6 Å². The van der Waals surface area contributed by atoms with Gasteiger partial charge in [0.2, 0.25) is 0 Å². The van der Waals surface area contributed by atoms with Crippen LogP contribution in [0, 0.1) is 0 Å². The molecule has 256 valence electrons. The molecule has 0 amide bonds. The first kappa shape index (κ1) is 35.0. The number of allylic oxidation sites excluding steroid dienone is 2. The fraction of sp³-hybridized carbons (Fsp3) is 0.553. The highest BCUT2D eigenvalue weighted by Gasteiger charge is 2.21. The van der Waals surface area contributed by atoms with Crippen molar-refractivity contribution >= 4 is 17.9 Å². The molecule has 0 aromatic heterocycles. The van der Waals surface area contributed by atoms with Gasteiger partial charge in [0, 0.05) is 76.6 Å². The number of hydrogen-bond acceptors (Lipinski definition) is 9. The van der Waals surface area contributed by atoms with E-state index in [9.17, 15) is 4.79 Å². The summed E-state index contributed by atoms with van der Waals surface area (Å²) in [6.45, 7) is 12.3. The number of likely N-dealkylation sites (N-methyl/N-ethyl adjacent to an activating group) is 2. The van der Waals surface area contributed by atoms with Gasteiger partial charge in [-0.15, -0.1) is 0 Å². The van der Waals surface area contributed by atoms with Crippen molar-refractivity contribution in [3.63, 3.8) is 0 Å². The predicted molar refractivity (Wildman–Crippen MR) is 189 cm³/mol. The number of piperazine rings is 2. The van der Waals surface area contributed by atoms with Gasteiger partial charge in [-0.3, -0.25) is 4.79 Å². The van der Waals surface area contributed by atoms with Gasteiger partial charge in [0.1, 0.15) is 0 Å². The van der Waals surface area contributed by atoms with E-state index < -0.39 is 0 Å². The van der Waals surface area contributed by atoms with Crippen molar-refractivity contribution in [2.24, 2.45) is 0 Å². The molecule has 0 bridgehead atoms. The Morgan fingerprint density at radius 2 is 1.04 bits per heavy atom. The molecule has 0 spiro atoms. The summed E-state index contributed by atoms with van der Waals surface area (Å²) in [6, 6.07) is 11.8. The van der Waals surface area contributed by atoms with Crippen LogP contribution >= 0.6 is 0 Å². The van der Waals surface area contributed by atoms with Crippen molar-refractivity contribution in [1.29, 1.82) is 0 Å². The third-order valence-electron chi connectivity index (χ3n) is 9.48. The monoisotopic (exact) mass is 646 g/mol. The normalized spacial score (nSPS) is 20.6. The van der Waals surface area contributed by atoms with Crippen LogP contribution in [0.2, 0.25) is 0 Å². The Kier molecular flexibility index (Phi) is 13.2. The van der Waals surface area contributed by atoms with Gasteiger partial charge in [0.05, 0.1) is 27.4 Å². The number of benzene rings is 2. The van der Waals surface area contributed by atoms with Crippen LogP contribution in [0.15, 0.2) is 47.5 Å². The molecular formula is C38H54N4O5. The molecule has 3 aliphatic rings. The summed E-state index contributed by atoms with van der Waals surface area (Å²) in [5.41, 5.74) is 3.51. The quantitative estimate of drug-likeness (QED) is 0.210. The second-order valence-corrected chi connectivity index (χ2v) is 13.0. The minimum absolute atomic E-state index is 0.0997. The number of rotatable bonds is 14. The molecule has 2 aromatic carbocycles. The summed E-state index contributed by atoms with van der Waals surface area (Å²) >= 11 is 0. The lowest BCUT2D eigenvalue weighted by atomic mass is 9.87. The molecular weight excluding hydrogens is 592 g/mol. The van der Waals surface area contributed by atoms with E-state index >= 15 is 0 Å². The molecule has 5 rings (SSSR count). The zero-order valence-electron chi connectivity index (χ0n) is 29.0. The second kappa shape index (κ2) is 17.7. The van der Waals surface area contributed by atoms with Crippen LogP contribution in [0.4, 0.5) is 0 Å². The summed E-state index contributed by atoms with van der Waals surface area (Å²) in [5.74, 6) is 2.95. The van der Waals surface area contributed by atoms with Gasteiger partial charge in [-0.2, -0.15) is 0 Å². The van der Waals surface area contributed by atoms with E-state index in [4.69, 9.17) is 18.9 Å². The first-order valence-corrected chi connectivity index (χ1v) is 17.3. The zero-order valence-corrected chi connectivity index (χ0v) is 29.0. The number of Topliss-reactive ketones (excluding diaryl/α,β-unsaturated/α-hetero) is 1. The van der Waals surface area contributed by atoms with Crippen LogP contribution in [0.1, 0.15) is 43.2 Å². The molecule has 2 heterocycles. The van der Waals surface area contributed by atoms with E-state index in [2.05, 4.69) is 33.7 Å². The molecule has 0 N–H and O–H groups in total. The van der Waals surface area contributed by atoms with Crippen LogP contribution < -0.4 is 18.9 Å². The van der Waals surface area contributed by atoms with Gasteiger partial charge >= 0.3 is 0 Å². The minimum atomic E-state index is 0.0997. The SMILES string of the molecule is COc1cc(/C=C2\CCC/C(=C\c3ccc(OCCCN4CCN(C)CC4)c(OC)c3)C2=O)ccc1OCCCN1CCN(C)CC1. The van der Waals surface area contributed by atoms with Gasteiger partial charge in [0.15, 0.2) is 28.8 Å². The summed E-state index contributed by atoms with van der Waals surface area (Å²) < 4.78 is 23.5. The number of methoxy groups -OCH3 is 2. The Bertz CT molecular complexity index is 1270. The van der Waals surface area contributed by atoms with E-state index in [1.165, 1.54) is 0 Å². The number of carbonyl (C=O) groups is 1. The first-order chi connectivity index (χ1) is 22.9. The van der Waals surface area contributed by atoms with Crippen LogP contribution in [-0.4, -0.2) is 132 Å². The fourth-order valence-corrected chi connectivity index (χ4v) is 6.45. The van der Waals surface area contributed by atoms with E-state index in [1.54, 1.807) is 14.2 Å². The lowest BCUT2D eigenvalue weighted by molar-refractivity contribution is -0.112. The van der Waals surface area contributed by atoms with Crippen LogP contribution in [-0.2, 0) is 4.79 Å². The van der Waals surface area contributed by atoms with Crippen molar-refractivity contribution in [3.8, 4) is 23.0 Å². The number of ether oxygens (including phenoxy) is 4. The van der Waals surface area contributed by atoms with Crippen LogP contribution in [0.25, 0.3) is 12.2 Å².